The SMILES string of the molecule is COc1ccc([C@H]2COc3cc(O)c(O)cc3C2=O)cc1. The van der Waals surface area contributed by atoms with Crippen LogP contribution in [0.4, 0.5) is 0 Å². The van der Waals surface area contributed by atoms with E-state index in [1.807, 2.05) is 12.1 Å². The Morgan fingerprint density at radius 2 is 1.81 bits per heavy atom. The highest BCUT2D eigenvalue weighted by Gasteiger charge is 2.31. The average molecular weight is 286 g/mol. The molecule has 0 unspecified atom stereocenters. The van der Waals surface area contributed by atoms with E-state index in [2.05, 4.69) is 0 Å². The molecule has 2 aromatic carbocycles. The first kappa shape index (κ1) is 13.3. The normalized spacial score (nSPS) is 17.0. The van der Waals surface area contributed by atoms with Gasteiger partial charge in [-0.3, -0.25) is 4.79 Å². The molecule has 0 saturated heterocycles. The minimum atomic E-state index is -0.438. The summed E-state index contributed by atoms with van der Waals surface area (Å²) in [5, 5.41) is 19.0. The Bertz CT molecular complexity index is 691. The van der Waals surface area contributed by atoms with Crippen molar-refractivity contribution < 1.29 is 24.5 Å². The van der Waals surface area contributed by atoms with Crippen molar-refractivity contribution in [3.8, 4) is 23.0 Å². The molecule has 2 aromatic rings. The van der Waals surface area contributed by atoms with Gasteiger partial charge in [-0.15, -0.1) is 0 Å². The van der Waals surface area contributed by atoms with Gasteiger partial charge in [0, 0.05) is 6.07 Å². The number of hydrogen-bond acceptors (Lipinski definition) is 5. The Labute approximate surface area is 121 Å². The summed E-state index contributed by atoms with van der Waals surface area (Å²) in [5.41, 5.74) is 1.09. The molecule has 0 spiro atoms. The van der Waals surface area contributed by atoms with Crippen molar-refractivity contribution in [2.45, 2.75) is 5.92 Å². The third-order valence-corrected chi connectivity index (χ3v) is 3.58. The largest absolute Gasteiger partial charge is 0.504 e. The quantitative estimate of drug-likeness (QED) is 0.829. The van der Waals surface area contributed by atoms with Crippen LogP contribution in [0.15, 0.2) is 36.4 Å². The van der Waals surface area contributed by atoms with E-state index in [9.17, 15) is 15.0 Å². The Morgan fingerprint density at radius 1 is 1.14 bits per heavy atom. The molecule has 0 aliphatic carbocycles. The van der Waals surface area contributed by atoms with Crippen LogP contribution < -0.4 is 9.47 Å². The number of carbonyl (C=O) groups excluding carboxylic acids is 1. The first-order valence-corrected chi connectivity index (χ1v) is 6.47. The lowest BCUT2D eigenvalue weighted by molar-refractivity contribution is 0.0895. The summed E-state index contributed by atoms with van der Waals surface area (Å²) >= 11 is 0. The molecule has 5 heteroatoms. The molecule has 2 N–H and O–H groups in total. The van der Waals surface area contributed by atoms with E-state index in [0.717, 1.165) is 5.56 Å². The van der Waals surface area contributed by atoms with Gasteiger partial charge >= 0.3 is 0 Å². The Balaban J connectivity index is 1.96. The lowest BCUT2D eigenvalue weighted by Crippen LogP contribution is -2.25. The van der Waals surface area contributed by atoms with Crippen LogP contribution in [-0.4, -0.2) is 29.7 Å². The van der Waals surface area contributed by atoms with E-state index in [0.29, 0.717) is 11.5 Å². The molecule has 1 atom stereocenters. The minimum absolute atomic E-state index is 0.142. The fourth-order valence-corrected chi connectivity index (χ4v) is 2.39. The lowest BCUT2D eigenvalue weighted by atomic mass is 9.89. The molecular weight excluding hydrogens is 272 g/mol. The number of ketones is 1. The molecule has 5 nitrogen and oxygen atoms in total. The van der Waals surface area contributed by atoms with E-state index < -0.39 is 5.92 Å². The van der Waals surface area contributed by atoms with Crippen molar-refractivity contribution in [3.05, 3.63) is 47.5 Å². The van der Waals surface area contributed by atoms with Crippen LogP contribution in [0.25, 0.3) is 0 Å². The van der Waals surface area contributed by atoms with Gasteiger partial charge in [-0.05, 0) is 23.8 Å². The van der Waals surface area contributed by atoms with Gasteiger partial charge in [-0.1, -0.05) is 12.1 Å². The Morgan fingerprint density at radius 3 is 2.48 bits per heavy atom. The van der Waals surface area contributed by atoms with Gasteiger partial charge in [0.05, 0.1) is 18.6 Å². The van der Waals surface area contributed by atoms with Crippen molar-refractivity contribution in [3.63, 3.8) is 0 Å². The molecule has 0 radical (unpaired) electrons. The highest BCUT2D eigenvalue weighted by atomic mass is 16.5. The maximum Gasteiger partial charge on any atom is 0.177 e. The monoisotopic (exact) mass is 286 g/mol. The summed E-state index contributed by atoms with van der Waals surface area (Å²) in [6, 6.07) is 9.69. The van der Waals surface area contributed by atoms with E-state index in [1.165, 1.54) is 12.1 Å². The van der Waals surface area contributed by atoms with Crippen LogP contribution in [0, 0.1) is 0 Å². The lowest BCUT2D eigenvalue weighted by Gasteiger charge is -2.24. The second kappa shape index (κ2) is 5.01. The average Bonchev–Trinajstić information content (AvgIpc) is 2.50. The summed E-state index contributed by atoms with van der Waals surface area (Å²) in [4.78, 5) is 12.5. The van der Waals surface area contributed by atoms with Gasteiger partial charge in [-0.2, -0.15) is 0 Å². The molecule has 1 aliphatic rings. The number of phenolic OH excluding ortho intramolecular Hbond substituents is 2. The fraction of sp³-hybridized carbons (Fsp3) is 0.188. The number of hydrogen-bond donors (Lipinski definition) is 2. The molecule has 0 aromatic heterocycles. The van der Waals surface area contributed by atoms with Crippen molar-refractivity contribution in [2.75, 3.05) is 13.7 Å². The van der Waals surface area contributed by atoms with Crippen molar-refractivity contribution in [1.82, 2.24) is 0 Å². The molecule has 0 fully saturated rings. The maximum absolute atomic E-state index is 12.5. The van der Waals surface area contributed by atoms with Gasteiger partial charge in [0.25, 0.3) is 0 Å². The fourth-order valence-electron chi connectivity index (χ4n) is 2.39. The van der Waals surface area contributed by atoms with Crippen LogP contribution in [0.3, 0.4) is 0 Å². The van der Waals surface area contributed by atoms with E-state index in [1.54, 1.807) is 19.2 Å². The molecule has 3 rings (SSSR count). The predicted molar refractivity (Wildman–Crippen MR) is 75.3 cm³/mol. The zero-order valence-electron chi connectivity index (χ0n) is 11.4. The predicted octanol–water partition coefficient (Wildman–Crippen LogP) is 2.47. The van der Waals surface area contributed by atoms with E-state index in [-0.39, 0.29) is 29.5 Å². The second-order valence-electron chi connectivity index (χ2n) is 4.84. The Kier molecular flexibility index (Phi) is 3.17. The standard InChI is InChI=1S/C16H14O5/c1-20-10-4-2-9(3-5-10)12-8-21-15-7-14(18)13(17)6-11(15)16(12)19/h2-7,12,17-18H,8H2,1H3/t12-/m1/s1. The van der Waals surface area contributed by atoms with Gasteiger partial charge < -0.3 is 19.7 Å². The number of carbonyl (C=O) groups is 1. The van der Waals surface area contributed by atoms with Crippen LogP contribution >= 0.6 is 0 Å². The maximum atomic E-state index is 12.5. The summed E-state index contributed by atoms with van der Waals surface area (Å²) in [5.74, 6) is -0.208. The third kappa shape index (κ3) is 2.27. The van der Waals surface area contributed by atoms with E-state index in [4.69, 9.17) is 9.47 Å². The highest BCUT2D eigenvalue weighted by molar-refractivity contribution is 6.04. The van der Waals surface area contributed by atoms with E-state index >= 15 is 0 Å². The number of Topliss-reactive ketones (excluding diaryl/α,β-unsaturated/α-hetero) is 1. The molecule has 0 saturated carbocycles. The first-order chi connectivity index (χ1) is 10.1. The molecular formula is C16H14O5. The molecule has 108 valence electrons. The number of rotatable bonds is 2. The number of ether oxygens (including phenoxy) is 2. The molecule has 1 aliphatic heterocycles. The van der Waals surface area contributed by atoms with Crippen molar-refractivity contribution in [1.29, 1.82) is 0 Å². The second-order valence-corrected chi connectivity index (χ2v) is 4.84. The van der Waals surface area contributed by atoms with Crippen LogP contribution in [0.2, 0.25) is 0 Å². The zero-order chi connectivity index (χ0) is 15.0. The summed E-state index contributed by atoms with van der Waals surface area (Å²) < 4.78 is 10.6. The number of aromatic hydroxyl groups is 2. The van der Waals surface area contributed by atoms with Crippen molar-refractivity contribution >= 4 is 5.78 Å². The molecule has 1 heterocycles. The van der Waals surface area contributed by atoms with Gasteiger partial charge in [0.2, 0.25) is 0 Å². The van der Waals surface area contributed by atoms with Crippen LogP contribution in [-0.2, 0) is 0 Å². The number of phenols is 2. The van der Waals surface area contributed by atoms with Crippen LogP contribution in [0.1, 0.15) is 21.8 Å². The Hall–Kier alpha value is -2.69. The summed E-state index contributed by atoms with van der Waals surface area (Å²) in [7, 11) is 1.58. The van der Waals surface area contributed by atoms with Crippen LogP contribution in [0.5, 0.6) is 23.0 Å². The topological polar surface area (TPSA) is 76.0 Å². The number of fused-ring (bicyclic) bond motifs is 1. The summed E-state index contributed by atoms with van der Waals surface area (Å²) in [6.07, 6.45) is 0. The molecule has 0 amide bonds. The van der Waals surface area contributed by atoms with Crippen molar-refractivity contribution in [2.24, 2.45) is 0 Å². The third-order valence-electron chi connectivity index (χ3n) is 3.58. The highest BCUT2D eigenvalue weighted by Crippen LogP contribution is 2.39. The van der Waals surface area contributed by atoms with Gasteiger partial charge in [0.1, 0.15) is 18.1 Å². The van der Waals surface area contributed by atoms with Gasteiger partial charge in [-0.25, -0.2) is 0 Å². The summed E-state index contributed by atoms with van der Waals surface area (Å²) in [6.45, 7) is 0.197. The number of methoxy groups -OCH3 is 1. The first-order valence-electron chi connectivity index (χ1n) is 6.47. The smallest absolute Gasteiger partial charge is 0.177 e. The molecule has 0 bridgehead atoms. The molecule has 21 heavy (non-hydrogen) atoms. The minimum Gasteiger partial charge on any atom is -0.504 e. The number of benzene rings is 2. The zero-order valence-corrected chi connectivity index (χ0v) is 11.4. The van der Waals surface area contributed by atoms with Gasteiger partial charge in [0.15, 0.2) is 17.3 Å².